The molecule has 0 radical (unpaired) electrons. The van der Waals surface area contributed by atoms with Gasteiger partial charge in [-0.2, -0.15) is 5.21 Å². The van der Waals surface area contributed by atoms with E-state index in [-0.39, 0.29) is 0 Å². The van der Waals surface area contributed by atoms with Gasteiger partial charge < -0.3 is 4.90 Å². The molecule has 2 rings (SSSR count). The van der Waals surface area contributed by atoms with Crippen molar-refractivity contribution in [1.82, 2.24) is 30.8 Å². The third kappa shape index (κ3) is 2.43. The first-order chi connectivity index (χ1) is 7.75. The summed E-state index contributed by atoms with van der Waals surface area (Å²) >= 11 is 0. The maximum Gasteiger partial charge on any atom is 0.440 e. The summed E-state index contributed by atoms with van der Waals surface area (Å²) in [4.78, 5) is 15.0. The van der Waals surface area contributed by atoms with Crippen LogP contribution in [-0.4, -0.2) is 44.4 Å². The van der Waals surface area contributed by atoms with E-state index in [1.807, 2.05) is 7.05 Å². The second-order valence-electron chi connectivity index (χ2n) is 3.27. The fourth-order valence-electron chi connectivity index (χ4n) is 1.26. The highest BCUT2D eigenvalue weighted by Crippen LogP contribution is 2.02. The van der Waals surface area contributed by atoms with E-state index >= 15 is 0 Å². The number of aromatic amines is 2. The van der Waals surface area contributed by atoms with Gasteiger partial charge in [0.25, 0.3) is 0 Å². The molecule has 2 N–H and O–H groups in total. The van der Waals surface area contributed by atoms with Crippen molar-refractivity contribution in [2.45, 2.75) is 12.8 Å². The zero-order valence-corrected chi connectivity index (χ0v) is 8.67. The first-order valence-corrected chi connectivity index (χ1v) is 4.75. The largest absolute Gasteiger partial charge is 0.440 e. The first kappa shape index (κ1) is 10.3. The van der Waals surface area contributed by atoms with Crippen LogP contribution in [0.15, 0.2) is 9.32 Å². The number of rotatable bonds is 5. The van der Waals surface area contributed by atoms with Crippen molar-refractivity contribution >= 4 is 5.95 Å². The number of H-pyrrole nitrogens is 2. The van der Waals surface area contributed by atoms with Crippen LogP contribution in [-0.2, 0) is 6.42 Å². The molecule has 0 saturated heterocycles. The number of nitrogens with zero attached hydrogens (tertiary/aromatic N) is 5. The Bertz CT molecular complexity index is 473. The lowest BCUT2D eigenvalue weighted by Crippen LogP contribution is -2.21. The summed E-state index contributed by atoms with van der Waals surface area (Å²) in [7, 11) is 1.81. The zero-order chi connectivity index (χ0) is 11.4. The zero-order valence-electron chi connectivity index (χ0n) is 8.67. The number of hydrogen-bond acceptors (Lipinski definition) is 7. The lowest BCUT2D eigenvalue weighted by molar-refractivity contribution is 0.386. The van der Waals surface area contributed by atoms with Crippen LogP contribution in [0, 0.1) is 0 Å². The van der Waals surface area contributed by atoms with E-state index in [1.165, 1.54) is 0 Å². The number of hydrogen-bond donors (Lipinski definition) is 2. The molecule has 0 saturated carbocycles. The van der Waals surface area contributed by atoms with Crippen LogP contribution in [0.2, 0.25) is 0 Å². The SMILES string of the molecule is CN(CCCc1nn[nH]n1)c1noc(=O)[nH]1. The van der Waals surface area contributed by atoms with E-state index in [2.05, 4.69) is 35.3 Å². The van der Waals surface area contributed by atoms with Gasteiger partial charge in [-0.3, -0.25) is 9.51 Å². The van der Waals surface area contributed by atoms with Gasteiger partial charge in [0.2, 0.25) is 5.95 Å². The van der Waals surface area contributed by atoms with E-state index in [1.54, 1.807) is 4.90 Å². The van der Waals surface area contributed by atoms with Crippen LogP contribution in [0.3, 0.4) is 0 Å². The van der Waals surface area contributed by atoms with Gasteiger partial charge in [0.05, 0.1) is 0 Å². The molecule has 9 heteroatoms. The second-order valence-corrected chi connectivity index (χ2v) is 3.27. The van der Waals surface area contributed by atoms with Crippen LogP contribution in [0.1, 0.15) is 12.2 Å². The number of tetrazole rings is 1. The number of aryl methyl sites for hydroxylation is 1. The van der Waals surface area contributed by atoms with E-state index in [0.29, 0.717) is 24.7 Å². The Balaban J connectivity index is 1.80. The van der Waals surface area contributed by atoms with Gasteiger partial charge >= 0.3 is 5.76 Å². The molecule has 2 aromatic heterocycles. The lowest BCUT2D eigenvalue weighted by atomic mass is 10.3. The molecule has 2 heterocycles. The monoisotopic (exact) mass is 225 g/mol. The van der Waals surface area contributed by atoms with Crippen molar-refractivity contribution in [2.24, 2.45) is 0 Å². The van der Waals surface area contributed by atoms with Crippen molar-refractivity contribution in [2.75, 3.05) is 18.5 Å². The van der Waals surface area contributed by atoms with E-state index in [9.17, 15) is 4.79 Å². The minimum Gasteiger partial charge on any atom is -0.343 e. The van der Waals surface area contributed by atoms with Crippen LogP contribution in [0.5, 0.6) is 0 Å². The number of nitrogens with one attached hydrogen (secondary N) is 2. The van der Waals surface area contributed by atoms with Crippen molar-refractivity contribution in [3.63, 3.8) is 0 Å². The Hall–Kier alpha value is -2.19. The molecule has 0 fully saturated rings. The first-order valence-electron chi connectivity index (χ1n) is 4.75. The normalized spacial score (nSPS) is 10.6. The Morgan fingerprint density at radius 3 is 3.00 bits per heavy atom. The molecule has 86 valence electrons. The van der Waals surface area contributed by atoms with Gasteiger partial charge in [-0.05, 0) is 11.6 Å². The predicted octanol–water partition coefficient (Wildman–Crippen LogP) is -1.05. The third-order valence-corrected chi connectivity index (χ3v) is 2.07. The fraction of sp³-hybridized carbons (Fsp3) is 0.571. The molecule has 9 nitrogen and oxygen atoms in total. The standard InChI is InChI=1S/C7H11N7O2/c1-14(6-8-7(15)16-11-6)4-2-3-5-9-12-13-10-5/h2-4H2,1H3,(H,8,11,15)(H,9,10,12,13). The highest BCUT2D eigenvalue weighted by molar-refractivity contribution is 5.23. The molecule has 0 aliphatic carbocycles. The van der Waals surface area contributed by atoms with Gasteiger partial charge in [-0.25, -0.2) is 4.79 Å². The molecule has 16 heavy (non-hydrogen) atoms. The minimum atomic E-state index is -0.556. The summed E-state index contributed by atoms with van der Waals surface area (Å²) in [5.41, 5.74) is 0. The molecule has 0 aromatic carbocycles. The van der Waals surface area contributed by atoms with Crippen molar-refractivity contribution in [1.29, 1.82) is 0 Å². The second kappa shape index (κ2) is 4.55. The highest BCUT2D eigenvalue weighted by Gasteiger charge is 2.06. The smallest absolute Gasteiger partial charge is 0.343 e. The Morgan fingerprint density at radius 1 is 1.50 bits per heavy atom. The van der Waals surface area contributed by atoms with Crippen LogP contribution in [0.25, 0.3) is 0 Å². The quantitative estimate of drug-likeness (QED) is 0.666. The molecule has 0 bridgehead atoms. The molecule has 0 amide bonds. The molecule has 0 aliphatic rings. The summed E-state index contributed by atoms with van der Waals surface area (Å²) in [5, 5.41) is 17.1. The summed E-state index contributed by atoms with van der Waals surface area (Å²) < 4.78 is 4.40. The average molecular weight is 225 g/mol. The van der Waals surface area contributed by atoms with Gasteiger partial charge in [0.1, 0.15) is 0 Å². The van der Waals surface area contributed by atoms with Crippen LogP contribution < -0.4 is 10.7 Å². The van der Waals surface area contributed by atoms with E-state index in [4.69, 9.17) is 0 Å². The predicted molar refractivity (Wildman–Crippen MR) is 52.9 cm³/mol. The Labute approximate surface area is 89.8 Å². The topological polar surface area (TPSA) is 117 Å². The maximum absolute atomic E-state index is 10.7. The van der Waals surface area contributed by atoms with Crippen LogP contribution in [0.4, 0.5) is 5.95 Å². The Kier molecular flexibility index (Phi) is 2.94. The lowest BCUT2D eigenvalue weighted by Gasteiger charge is -2.12. The molecule has 0 spiro atoms. The molecular formula is C7H11N7O2. The van der Waals surface area contributed by atoms with Crippen LogP contribution >= 0.6 is 0 Å². The molecule has 0 aliphatic heterocycles. The summed E-state index contributed by atoms with van der Waals surface area (Å²) in [5.74, 6) is 0.528. The third-order valence-electron chi connectivity index (χ3n) is 2.07. The summed E-state index contributed by atoms with van der Waals surface area (Å²) in [6.07, 6.45) is 1.54. The van der Waals surface area contributed by atoms with Gasteiger partial charge in [-0.1, -0.05) is 5.21 Å². The minimum absolute atomic E-state index is 0.415. The highest BCUT2D eigenvalue weighted by atomic mass is 16.5. The number of anilines is 1. The van der Waals surface area contributed by atoms with Crippen molar-refractivity contribution in [3.8, 4) is 0 Å². The molecular weight excluding hydrogens is 214 g/mol. The average Bonchev–Trinajstić information content (AvgIpc) is 2.89. The molecule has 0 atom stereocenters. The van der Waals surface area contributed by atoms with Crippen molar-refractivity contribution in [3.05, 3.63) is 16.4 Å². The molecule has 0 unspecified atom stereocenters. The van der Waals surface area contributed by atoms with E-state index in [0.717, 1.165) is 6.42 Å². The number of aromatic nitrogens is 6. The van der Waals surface area contributed by atoms with Gasteiger partial charge in [-0.15, -0.1) is 10.2 Å². The Morgan fingerprint density at radius 2 is 2.38 bits per heavy atom. The van der Waals surface area contributed by atoms with Crippen molar-refractivity contribution < 1.29 is 4.52 Å². The fourth-order valence-corrected chi connectivity index (χ4v) is 1.26. The van der Waals surface area contributed by atoms with Gasteiger partial charge in [0, 0.05) is 20.0 Å². The van der Waals surface area contributed by atoms with Gasteiger partial charge in [0.15, 0.2) is 5.82 Å². The maximum atomic E-state index is 10.7. The summed E-state index contributed by atoms with van der Waals surface area (Å²) in [6.45, 7) is 0.705. The molecule has 2 aromatic rings. The van der Waals surface area contributed by atoms with E-state index < -0.39 is 5.76 Å². The summed E-state index contributed by atoms with van der Waals surface area (Å²) in [6, 6.07) is 0.